The summed E-state index contributed by atoms with van der Waals surface area (Å²) in [6.45, 7) is 5.49. The molecular formula is C24H28N4O4. The predicted octanol–water partition coefficient (Wildman–Crippen LogP) is 3.40. The molecule has 0 unspecified atom stereocenters. The lowest BCUT2D eigenvalue weighted by atomic mass is 10.0. The van der Waals surface area contributed by atoms with Crippen LogP contribution in [0.25, 0.3) is 11.0 Å². The van der Waals surface area contributed by atoms with Gasteiger partial charge in [0.25, 0.3) is 0 Å². The number of carbonyl (C=O) groups excluding carboxylic acids is 1. The Kier molecular flexibility index (Phi) is 5.85. The van der Waals surface area contributed by atoms with E-state index in [1.807, 2.05) is 24.3 Å². The molecule has 0 radical (unpaired) electrons. The van der Waals surface area contributed by atoms with Gasteiger partial charge in [-0.05, 0) is 49.6 Å². The van der Waals surface area contributed by atoms with Gasteiger partial charge in [0.05, 0.1) is 12.0 Å². The number of amides is 1. The number of piperazine rings is 1. The molecule has 168 valence electrons. The summed E-state index contributed by atoms with van der Waals surface area (Å²) < 4.78 is 11.3. The molecule has 2 N–H and O–H groups in total. The lowest BCUT2D eigenvalue weighted by molar-refractivity contribution is -0.116. The predicted molar refractivity (Wildman–Crippen MR) is 122 cm³/mol. The van der Waals surface area contributed by atoms with E-state index >= 15 is 0 Å². The van der Waals surface area contributed by atoms with Crippen molar-refractivity contribution in [2.75, 3.05) is 49.5 Å². The van der Waals surface area contributed by atoms with Crippen LogP contribution in [0.5, 0.6) is 11.5 Å². The molecule has 0 saturated carbocycles. The molecule has 2 aliphatic rings. The Balaban J connectivity index is 1.03. The molecule has 0 aliphatic carbocycles. The van der Waals surface area contributed by atoms with Gasteiger partial charge < -0.3 is 24.6 Å². The number of hydrogen-bond acceptors (Lipinski definition) is 7. The van der Waals surface area contributed by atoms with E-state index in [4.69, 9.17) is 9.26 Å². The highest BCUT2D eigenvalue weighted by atomic mass is 16.5. The van der Waals surface area contributed by atoms with Crippen molar-refractivity contribution in [3.05, 3.63) is 42.0 Å². The minimum atomic E-state index is 0.0748. The molecule has 2 aliphatic heterocycles. The van der Waals surface area contributed by atoms with Crippen molar-refractivity contribution >= 4 is 28.4 Å². The number of benzene rings is 2. The zero-order valence-electron chi connectivity index (χ0n) is 18.0. The van der Waals surface area contributed by atoms with Crippen molar-refractivity contribution in [2.45, 2.75) is 25.7 Å². The van der Waals surface area contributed by atoms with Gasteiger partial charge >= 0.3 is 0 Å². The van der Waals surface area contributed by atoms with Crippen LogP contribution in [-0.2, 0) is 11.2 Å². The van der Waals surface area contributed by atoms with Crippen LogP contribution in [0.1, 0.15) is 24.8 Å². The van der Waals surface area contributed by atoms with Gasteiger partial charge in [-0.1, -0.05) is 11.2 Å². The lowest BCUT2D eigenvalue weighted by Crippen LogP contribution is -2.46. The number of unbranched alkanes of at least 4 members (excludes halogenated alkanes) is 1. The molecule has 1 fully saturated rings. The SMILES string of the molecule is O=C1CCc2ccc(OCCCCN3CCN(c4noc5cc(O)ccc45)CC3)cc2N1. The summed E-state index contributed by atoms with van der Waals surface area (Å²) in [4.78, 5) is 16.3. The summed E-state index contributed by atoms with van der Waals surface area (Å²) in [5.41, 5.74) is 2.67. The molecule has 5 rings (SSSR count). The molecule has 3 aromatic rings. The first-order chi connectivity index (χ1) is 15.7. The van der Waals surface area contributed by atoms with Crippen LogP contribution < -0.4 is 15.0 Å². The van der Waals surface area contributed by atoms with Crippen molar-refractivity contribution < 1.29 is 19.2 Å². The quantitative estimate of drug-likeness (QED) is 0.549. The monoisotopic (exact) mass is 436 g/mol. The fraction of sp³-hybridized carbons (Fsp3) is 0.417. The molecule has 8 heteroatoms. The summed E-state index contributed by atoms with van der Waals surface area (Å²) in [6, 6.07) is 11.1. The maximum Gasteiger partial charge on any atom is 0.224 e. The van der Waals surface area contributed by atoms with Crippen LogP contribution in [0.15, 0.2) is 40.9 Å². The van der Waals surface area contributed by atoms with E-state index in [1.165, 1.54) is 5.56 Å². The lowest BCUT2D eigenvalue weighted by Gasteiger charge is -2.34. The van der Waals surface area contributed by atoms with Crippen LogP contribution in [0, 0.1) is 0 Å². The largest absolute Gasteiger partial charge is 0.508 e. The van der Waals surface area contributed by atoms with Crippen LogP contribution >= 0.6 is 0 Å². The van der Waals surface area contributed by atoms with Crippen molar-refractivity contribution in [1.29, 1.82) is 0 Å². The molecule has 3 heterocycles. The minimum Gasteiger partial charge on any atom is -0.508 e. The first-order valence-corrected chi connectivity index (χ1v) is 11.3. The second kappa shape index (κ2) is 9.08. The molecular weight excluding hydrogens is 408 g/mol. The molecule has 1 amide bonds. The van der Waals surface area contributed by atoms with Gasteiger partial charge in [0.15, 0.2) is 11.4 Å². The van der Waals surface area contributed by atoms with Gasteiger partial charge in [0, 0.05) is 50.4 Å². The van der Waals surface area contributed by atoms with E-state index in [1.54, 1.807) is 12.1 Å². The Morgan fingerprint density at radius 1 is 1.06 bits per heavy atom. The average molecular weight is 437 g/mol. The van der Waals surface area contributed by atoms with Crippen LogP contribution in [0.3, 0.4) is 0 Å². The van der Waals surface area contributed by atoms with E-state index in [-0.39, 0.29) is 11.7 Å². The van der Waals surface area contributed by atoms with E-state index in [0.717, 1.165) is 74.6 Å². The zero-order valence-corrected chi connectivity index (χ0v) is 18.0. The summed E-state index contributed by atoms with van der Waals surface area (Å²) in [5.74, 6) is 1.93. The second-order valence-electron chi connectivity index (χ2n) is 8.44. The number of carbonyl (C=O) groups is 1. The van der Waals surface area contributed by atoms with Gasteiger partial charge in [-0.2, -0.15) is 0 Å². The summed E-state index contributed by atoms with van der Waals surface area (Å²) >= 11 is 0. The van der Waals surface area contributed by atoms with Crippen LogP contribution in [-0.4, -0.2) is 60.4 Å². The standard InChI is InChI=1S/C24H28N4O4/c29-18-5-7-20-22(15-18)32-26-24(20)28-12-10-27(11-13-28)9-1-2-14-31-19-6-3-17-4-8-23(30)25-21(17)16-19/h3,5-7,15-16,29H,1-2,4,8-14H2,(H,25,30). The zero-order chi connectivity index (χ0) is 21.9. The molecule has 1 saturated heterocycles. The Morgan fingerprint density at radius 3 is 2.81 bits per heavy atom. The Morgan fingerprint density at radius 2 is 1.94 bits per heavy atom. The van der Waals surface area contributed by atoms with Crippen molar-refractivity contribution in [3.8, 4) is 11.5 Å². The fourth-order valence-corrected chi connectivity index (χ4v) is 4.39. The van der Waals surface area contributed by atoms with Crippen LogP contribution in [0.2, 0.25) is 0 Å². The van der Waals surface area contributed by atoms with Gasteiger partial charge in [-0.15, -0.1) is 0 Å². The van der Waals surface area contributed by atoms with Gasteiger partial charge in [0.1, 0.15) is 11.5 Å². The van der Waals surface area contributed by atoms with Gasteiger partial charge in [0.2, 0.25) is 5.91 Å². The maximum absolute atomic E-state index is 11.6. The average Bonchev–Trinajstić information content (AvgIpc) is 3.22. The third-order valence-electron chi connectivity index (χ3n) is 6.22. The molecule has 1 aromatic heterocycles. The number of rotatable bonds is 7. The van der Waals surface area contributed by atoms with E-state index < -0.39 is 0 Å². The molecule has 0 bridgehead atoms. The third-order valence-corrected chi connectivity index (χ3v) is 6.22. The smallest absolute Gasteiger partial charge is 0.224 e. The highest BCUT2D eigenvalue weighted by molar-refractivity contribution is 5.94. The topological polar surface area (TPSA) is 91.1 Å². The molecule has 2 aromatic carbocycles. The first-order valence-electron chi connectivity index (χ1n) is 11.3. The number of phenols is 1. The number of aromatic nitrogens is 1. The van der Waals surface area contributed by atoms with Crippen molar-refractivity contribution in [2.24, 2.45) is 0 Å². The number of fused-ring (bicyclic) bond motifs is 2. The number of phenolic OH excluding ortho intramolecular Hbond substituents is 1. The van der Waals surface area contributed by atoms with Gasteiger partial charge in [-0.3, -0.25) is 9.69 Å². The number of nitrogens with one attached hydrogen (secondary N) is 1. The maximum atomic E-state index is 11.6. The number of hydrogen-bond donors (Lipinski definition) is 2. The summed E-state index contributed by atoms with van der Waals surface area (Å²) in [7, 11) is 0. The van der Waals surface area contributed by atoms with E-state index in [0.29, 0.717) is 18.6 Å². The number of nitrogens with zero attached hydrogens (tertiary/aromatic N) is 3. The minimum absolute atomic E-state index is 0.0748. The van der Waals surface area contributed by atoms with E-state index in [2.05, 4.69) is 20.3 Å². The number of aromatic hydroxyl groups is 1. The normalized spacial score (nSPS) is 16.8. The molecule has 32 heavy (non-hydrogen) atoms. The van der Waals surface area contributed by atoms with Gasteiger partial charge in [-0.25, -0.2) is 0 Å². The first kappa shape index (κ1) is 20.6. The Labute approximate surface area is 186 Å². The van der Waals surface area contributed by atoms with Crippen molar-refractivity contribution in [1.82, 2.24) is 10.1 Å². The Hall–Kier alpha value is -3.26. The molecule has 8 nitrogen and oxygen atoms in total. The third kappa shape index (κ3) is 4.50. The van der Waals surface area contributed by atoms with Crippen LogP contribution in [0.4, 0.5) is 11.5 Å². The Bertz CT molecular complexity index is 1100. The number of aryl methyl sites for hydroxylation is 1. The number of ether oxygens (including phenoxy) is 1. The highest BCUT2D eigenvalue weighted by Crippen LogP contribution is 2.29. The van der Waals surface area contributed by atoms with E-state index in [9.17, 15) is 9.90 Å². The van der Waals surface area contributed by atoms with Crippen molar-refractivity contribution in [3.63, 3.8) is 0 Å². The molecule has 0 atom stereocenters. The highest BCUT2D eigenvalue weighted by Gasteiger charge is 2.21. The summed E-state index contributed by atoms with van der Waals surface area (Å²) in [5, 5.41) is 17.7. The summed E-state index contributed by atoms with van der Waals surface area (Å²) in [6.07, 6.45) is 3.42. The fourth-order valence-electron chi connectivity index (χ4n) is 4.39. The molecule has 0 spiro atoms. The second-order valence-corrected chi connectivity index (χ2v) is 8.44. The number of anilines is 2.